The van der Waals surface area contributed by atoms with Gasteiger partial charge in [-0.2, -0.15) is 0 Å². The van der Waals surface area contributed by atoms with Crippen LogP contribution in [0.4, 0.5) is 10.1 Å². The second-order valence-corrected chi connectivity index (χ2v) is 6.19. The third kappa shape index (κ3) is 5.88. The Morgan fingerprint density at radius 2 is 1.77 bits per heavy atom. The van der Waals surface area contributed by atoms with Crippen molar-refractivity contribution in [2.75, 3.05) is 18.5 Å². The van der Waals surface area contributed by atoms with E-state index in [1.165, 1.54) is 11.6 Å². The number of ether oxygens (including phenoxy) is 2. The molecule has 2 aromatic carbocycles. The molecule has 1 amide bonds. The van der Waals surface area contributed by atoms with Gasteiger partial charge in [0, 0.05) is 5.69 Å². The summed E-state index contributed by atoms with van der Waals surface area (Å²) in [5.74, 6) is -0.678. The number of nitrogens with one attached hydrogen (secondary N) is 1. The zero-order valence-corrected chi connectivity index (χ0v) is 15.0. The standard InChI is InChI=1S/C20H22FNO4/c1-13(2)15-5-8-17(9-6-15)25-12-20(24)26-11-19(23)22-16-7-4-14(3)18(21)10-16/h4-10,13H,11-12H2,1-3H3,(H,22,23). The summed E-state index contributed by atoms with van der Waals surface area (Å²) in [4.78, 5) is 23.4. The van der Waals surface area contributed by atoms with Gasteiger partial charge in [0.05, 0.1) is 0 Å². The molecule has 5 nitrogen and oxygen atoms in total. The lowest BCUT2D eigenvalue weighted by Crippen LogP contribution is -2.23. The van der Waals surface area contributed by atoms with Crippen LogP contribution < -0.4 is 10.1 Å². The minimum absolute atomic E-state index is 0.298. The first-order valence-electron chi connectivity index (χ1n) is 8.29. The fourth-order valence-corrected chi connectivity index (χ4v) is 2.15. The lowest BCUT2D eigenvalue weighted by molar-refractivity contribution is -0.149. The molecule has 138 valence electrons. The molecule has 2 rings (SSSR count). The quantitative estimate of drug-likeness (QED) is 0.764. The number of halogens is 1. The number of rotatable bonds is 7. The molecule has 0 aliphatic heterocycles. The van der Waals surface area contributed by atoms with Gasteiger partial charge in [0.15, 0.2) is 13.2 Å². The largest absolute Gasteiger partial charge is 0.482 e. The zero-order valence-electron chi connectivity index (χ0n) is 15.0. The third-order valence-corrected chi connectivity index (χ3v) is 3.72. The topological polar surface area (TPSA) is 64.6 Å². The van der Waals surface area contributed by atoms with Crippen LogP contribution >= 0.6 is 0 Å². The van der Waals surface area contributed by atoms with E-state index in [4.69, 9.17) is 9.47 Å². The van der Waals surface area contributed by atoms with E-state index in [0.29, 0.717) is 22.9 Å². The van der Waals surface area contributed by atoms with Crippen molar-refractivity contribution in [3.8, 4) is 5.75 Å². The molecule has 2 aromatic rings. The number of hydrogen-bond acceptors (Lipinski definition) is 4. The molecule has 0 unspecified atom stereocenters. The van der Waals surface area contributed by atoms with E-state index in [2.05, 4.69) is 19.2 Å². The smallest absolute Gasteiger partial charge is 0.344 e. The maximum absolute atomic E-state index is 13.4. The highest BCUT2D eigenvalue weighted by Crippen LogP contribution is 2.18. The second kappa shape index (κ2) is 8.99. The summed E-state index contributed by atoms with van der Waals surface area (Å²) in [6.45, 7) is 5.03. The van der Waals surface area contributed by atoms with Crippen molar-refractivity contribution in [2.24, 2.45) is 0 Å². The fraction of sp³-hybridized carbons (Fsp3) is 0.300. The minimum Gasteiger partial charge on any atom is -0.482 e. The Bertz CT molecular complexity index is 772. The summed E-state index contributed by atoms with van der Waals surface area (Å²) < 4.78 is 23.6. The molecule has 6 heteroatoms. The number of esters is 1. The third-order valence-electron chi connectivity index (χ3n) is 3.72. The zero-order chi connectivity index (χ0) is 19.1. The molecule has 0 spiro atoms. The molecule has 0 heterocycles. The Kier molecular flexibility index (Phi) is 6.72. The van der Waals surface area contributed by atoms with Crippen LogP contribution in [0, 0.1) is 12.7 Å². The van der Waals surface area contributed by atoms with E-state index >= 15 is 0 Å². The van der Waals surface area contributed by atoms with Gasteiger partial charge in [0.2, 0.25) is 0 Å². The van der Waals surface area contributed by atoms with Crippen molar-refractivity contribution in [3.63, 3.8) is 0 Å². The van der Waals surface area contributed by atoms with Gasteiger partial charge in [-0.05, 0) is 48.2 Å². The minimum atomic E-state index is -0.664. The van der Waals surface area contributed by atoms with Crippen molar-refractivity contribution < 1.29 is 23.5 Å². The van der Waals surface area contributed by atoms with E-state index in [1.807, 2.05) is 12.1 Å². The van der Waals surface area contributed by atoms with Gasteiger partial charge in [0.25, 0.3) is 5.91 Å². The number of hydrogen-bond donors (Lipinski definition) is 1. The molecule has 0 bridgehead atoms. The van der Waals surface area contributed by atoms with Crippen LogP contribution in [0.5, 0.6) is 5.75 Å². The number of aryl methyl sites for hydroxylation is 1. The predicted molar refractivity (Wildman–Crippen MR) is 96.8 cm³/mol. The molecule has 0 atom stereocenters. The van der Waals surface area contributed by atoms with E-state index in [9.17, 15) is 14.0 Å². The van der Waals surface area contributed by atoms with Gasteiger partial charge in [-0.3, -0.25) is 4.79 Å². The molecule has 0 radical (unpaired) electrons. The Balaban J connectivity index is 1.73. The number of amides is 1. The van der Waals surface area contributed by atoms with Crippen molar-refractivity contribution in [3.05, 3.63) is 59.4 Å². The molecule has 0 aromatic heterocycles. The van der Waals surface area contributed by atoms with Crippen LogP contribution in [0.3, 0.4) is 0 Å². The second-order valence-electron chi connectivity index (χ2n) is 6.19. The molecule has 0 saturated carbocycles. The Morgan fingerprint density at radius 3 is 2.38 bits per heavy atom. The Labute approximate surface area is 152 Å². The molecular formula is C20H22FNO4. The normalized spacial score (nSPS) is 10.5. The average molecular weight is 359 g/mol. The summed E-state index contributed by atoms with van der Waals surface area (Å²) in [7, 11) is 0. The molecule has 0 aliphatic rings. The lowest BCUT2D eigenvalue weighted by Gasteiger charge is -2.09. The predicted octanol–water partition coefficient (Wildman–Crippen LogP) is 3.82. The molecule has 0 aliphatic carbocycles. The highest BCUT2D eigenvalue weighted by molar-refractivity contribution is 5.92. The van der Waals surface area contributed by atoms with Gasteiger partial charge < -0.3 is 14.8 Å². The van der Waals surface area contributed by atoms with Crippen LogP contribution in [-0.2, 0) is 14.3 Å². The number of carbonyl (C=O) groups is 2. The molecule has 0 saturated heterocycles. The van der Waals surface area contributed by atoms with Crippen molar-refractivity contribution in [2.45, 2.75) is 26.7 Å². The maximum atomic E-state index is 13.4. The Morgan fingerprint density at radius 1 is 1.08 bits per heavy atom. The summed E-state index contributed by atoms with van der Waals surface area (Å²) in [5.41, 5.74) is 1.95. The van der Waals surface area contributed by atoms with Crippen LogP contribution in [0.25, 0.3) is 0 Å². The number of carbonyl (C=O) groups excluding carboxylic acids is 2. The van der Waals surface area contributed by atoms with Crippen LogP contribution in [0.1, 0.15) is 30.9 Å². The van der Waals surface area contributed by atoms with Gasteiger partial charge in [-0.15, -0.1) is 0 Å². The molecule has 1 N–H and O–H groups in total. The van der Waals surface area contributed by atoms with E-state index < -0.39 is 24.3 Å². The molecular weight excluding hydrogens is 337 g/mol. The van der Waals surface area contributed by atoms with Crippen LogP contribution in [0.2, 0.25) is 0 Å². The maximum Gasteiger partial charge on any atom is 0.344 e. The first-order valence-corrected chi connectivity index (χ1v) is 8.29. The Hall–Kier alpha value is -2.89. The number of benzene rings is 2. The van der Waals surface area contributed by atoms with E-state index in [-0.39, 0.29) is 6.61 Å². The average Bonchev–Trinajstić information content (AvgIpc) is 2.61. The van der Waals surface area contributed by atoms with Crippen molar-refractivity contribution in [1.29, 1.82) is 0 Å². The van der Waals surface area contributed by atoms with Crippen molar-refractivity contribution in [1.82, 2.24) is 0 Å². The monoisotopic (exact) mass is 359 g/mol. The van der Waals surface area contributed by atoms with Gasteiger partial charge in [-0.1, -0.05) is 32.0 Å². The van der Waals surface area contributed by atoms with Gasteiger partial charge in [-0.25, -0.2) is 9.18 Å². The van der Waals surface area contributed by atoms with Crippen molar-refractivity contribution >= 4 is 17.6 Å². The highest BCUT2D eigenvalue weighted by atomic mass is 19.1. The SMILES string of the molecule is Cc1ccc(NC(=O)COC(=O)COc2ccc(C(C)C)cc2)cc1F. The van der Waals surface area contributed by atoms with Gasteiger partial charge in [0.1, 0.15) is 11.6 Å². The summed E-state index contributed by atoms with van der Waals surface area (Å²) in [6, 6.07) is 11.7. The first kappa shape index (κ1) is 19.4. The first-order chi connectivity index (χ1) is 12.3. The fourth-order valence-electron chi connectivity index (χ4n) is 2.15. The molecule has 26 heavy (non-hydrogen) atoms. The van der Waals surface area contributed by atoms with Crippen LogP contribution in [0.15, 0.2) is 42.5 Å². The summed E-state index contributed by atoms with van der Waals surface area (Å²) in [6.07, 6.45) is 0. The number of anilines is 1. The van der Waals surface area contributed by atoms with E-state index in [1.54, 1.807) is 31.2 Å². The summed E-state index contributed by atoms with van der Waals surface area (Å²) >= 11 is 0. The van der Waals surface area contributed by atoms with Crippen LogP contribution in [-0.4, -0.2) is 25.1 Å². The van der Waals surface area contributed by atoms with Gasteiger partial charge >= 0.3 is 5.97 Å². The lowest BCUT2D eigenvalue weighted by atomic mass is 10.0. The van der Waals surface area contributed by atoms with E-state index in [0.717, 1.165) is 0 Å². The summed E-state index contributed by atoms with van der Waals surface area (Å²) in [5, 5.41) is 2.46. The highest BCUT2D eigenvalue weighted by Gasteiger charge is 2.10. The molecule has 0 fully saturated rings.